The van der Waals surface area contributed by atoms with Crippen molar-refractivity contribution < 1.29 is 9.53 Å². The molecule has 0 aromatic heterocycles. The van der Waals surface area contributed by atoms with Gasteiger partial charge in [0.15, 0.2) is 5.78 Å². The van der Waals surface area contributed by atoms with E-state index in [1.54, 1.807) is 0 Å². The van der Waals surface area contributed by atoms with E-state index in [0.29, 0.717) is 5.02 Å². The summed E-state index contributed by atoms with van der Waals surface area (Å²) >= 11 is 6.57. The molecule has 0 radical (unpaired) electrons. The molecule has 0 aliphatic carbocycles. The molecule has 0 spiro atoms. The third-order valence-electron chi connectivity index (χ3n) is 4.29. The Kier molecular flexibility index (Phi) is 5.84. The van der Waals surface area contributed by atoms with E-state index in [1.165, 1.54) is 0 Å². The van der Waals surface area contributed by atoms with E-state index in [-0.39, 0.29) is 18.9 Å². The zero-order valence-corrected chi connectivity index (χ0v) is 15.0. The zero-order chi connectivity index (χ0) is 18.4. The van der Waals surface area contributed by atoms with Gasteiger partial charge in [-0.25, -0.2) is 0 Å². The fraction of sp³-hybridized carbons (Fsp3) is 0.136. The monoisotopic (exact) mass is 365 g/mol. The molecule has 3 aromatic rings. The highest BCUT2D eigenvalue weighted by Gasteiger charge is 2.39. The van der Waals surface area contributed by atoms with E-state index in [4.69, 9.17) is 22.1 Å². The maximum Gasteiger partial charge on any atom is 0.172 e. The minimum atomic E-state index is -1.01. The van der Waals surface area contributed by atoms with Crippen LogP contribution in [0.15, 0.2) is 84.9 Å². The summed E-state index contributed by atoms with van der Waals surface area (Å²) in [6.07, 6.45) is 0. The molecule has 0 atom stereocenters. The SMILES string of the molecule is NCC(=O)COC(c1ccccc1)(c1ccccc1)c1ccccc1Cl. The number of hydrogen-bond donors (Lipinski definition) is 1. The number of hydrogen-bond acceptors (Lipinski definition) is 3. The van der Waals surface area contributed by atoms with Crippen LogP contribution in [0, 0.1) is 0 Å². The fourth-order valence-electron chi connectivity index (χ4n) is 3.06. The van der Waals surface area contributed by atoms with Gasteiger partial charge >= 0.3 is 0 Å². The summed E-state index contributed by atoms with van der Waals surface area (Å²) in [4.78, 5) is 12.0. The Morgan fingerprint density at radius 3 is 1.85 bits per heavy atom. The maximum atomic E-state index is 12.0. The molecule has 0 aliphatic heterocycles. The minimum Gasteiger partial charge on any atom is -0.353 e. The van der Waals surface area contributed by atoms with Crippen LogP contribution in [0.25, 0.3) is 0 Å². The van der Waals surface area contributed by atoms with Crippen LogP contribution in [0.5, 0.6) is 0 Å². The number of rotatable bonds is 7. The molecule has 132 valence electrons. The van der Waals surface area contributed by atoms with Gasteiger partial charge in [-0.15, -0.1) is 0 Å². The number of ketones is 1. The van der Waals surface area contributed by atoms with Crippen LogP contribution >= 0.6 is 11.6 Å². The van der Waals surface area contributed by atoms with Gasteiger partial charge in [0.1, 0.15) is 12.2 Å². The fourth-order valence-corrected chi connectivity index (χ4v) is 3.33. The zero-order valence-electron chi connectivity index (χ0n) is 14.3. The molecule has 0 aliphatic rings. The van der Waals surface area contributed by atoms with E-state index in [9.17, 15) is 4.79 Å². The van der Waals surface area contributed by atoms with Crippen LogP contribution in [0.2, 0.25) is 5.02 Å². The largest absolute Gasteiger partial charge is 0.353 e. The minimum absolute atomic E-state index is 0.0673. The van der Waals surface area contributed by atoms with Crippen LogP contribution in [-0.4, -0.2) is 18.9 Å². The molecule has 3 aromatic carbocycles. The number of nitrogens with two attached hydrogens (primary N) is 1. The highest BCUT2D eigenvalue weighted by atomic mass is 35.5. The Hall–Kier alpha value is -2.46. The number of ether oxygens (including phenoxy) is 1. The summed E-state index contributed by atoms with van der Waals surface area (Å²) in [5.41, 5.74) is 7.05. The van der Waals surface area contributed by atoms with Gasteiger partial charge < -0.3 is 10.5 Å². The van der Waals surface area contributed by atoms with Crippen molar-refractivity contribution in [3.05, 3.63) is 107 Å². The summed E-state index contributed by atoms with van der Waals surface area (Å²) in [5, 5.41) is 0.570. The lowest BCUT2D eigenvalue weighted by Crippen LogP contribution is -2.36. The molecule has 0 bridgehead atoms. The second kappa shape index (κ2) is 8.28. The summed E-state index contributed by atoms with van der Waals surface area (Å²) < 4.78 is 6.31. The molecule has 2 N–H and O–H groups in total. The van der Waals surface area contributed by atoms with E-state index in [0.717, 1.165) is 16.7 Å². The second-order valence-electron chi connectivity index (χ2n) is 5.92. The highest BCUT2D eigenvalue weighted by Crippen LogP contribution is 2.43. The van der Waals surface area contributed by atoms with Gasteiger partial charge in [-0.3, -0.25) is 4.79 Å². The molecule has 3 nitrogen and oxygen atoms in total. The molecule has 26 heavy (non-hydrogen) atoms. The van der Waals surface area contributed by atoms with Crippen LogP contribution < -0.4 is 5.73 Å². The van der Waals surface area contributed by atoms with E-state index in [2.05, 4.69) is 0 Å². The summed E-state index contributed by atoms with van der Waals surface area (Å²) in [6, 6.07) is 27.1. The van der Waals surface area contributed by atoms with Gasteiger partial charge in [-0.1, -0.05) is 90.5 Å². The predicted molar refractivity (Wildman–Crippen MR) is 104 cm³/mol. The smallest absolute Gasteiger partial charge is 0.172 e. The van der Waals surface area contributed by atoms with Crippen molar-refractivity contribution in [3.63, 3.8) is 0 Å². The van der Waals surface area contributed by atoms with Crippen molar-refractivity contribution in [1.29, 1.82) is 0 Å². The van der Waals surface area contributed by atoms with Gasteiger partial charge in [0.2, 0.25) is 0 Å². The van der Waals surface area contributed by atoms with E-state index in [1.807, 2.05) is 84.9 Å². The quantitative estimate of drug-likeness (QED) is 0.639. The van der Waals surface area contributed by atoms with Gasteiger partial charge in [0, 0.05) is 10.6 Å². The third kappa shape index (κ3) is 3.56. The first-order valence-electron chi connectivity index (χ1n) is 8.40. The third-order valence-corrected chi connectivity index (χ3v) is 4.62. The average molecular weight is 366 g/mol. The van der Waals surface area contributed by atoms with Gasteiger partial charge in [-0.2, -0.15) is 0 Å². The molecule has 0 heterocycles. The van der Waals surface area contributed by atoms with E-state index < -0.39 is 5.60 Å². The Morgan fingerprint density at radius 1 is 0.846 bits per heavy atom. The number of Topliss-reactive ketones (excluding diaryl/α,β-unsaturated/α-hetero) is 1. The molecule has 3 rings (SSSR count). The first kappa shape index (κ1) is 18.3. The summed E-state index contributed by atoms with van der Waals surface area (Å²) in [5.74, 6) is -0.173. The number of carbonyl (C=O) groups excluding carboxylic acids is 1. The van der Waals surface area contributed by atoms with Crippen molar-refractivity contribution >= 4 is 17.4 Å². The molecular weight excluding hydrogens is 346 g/mol. The van der Waals surface area contributed by atoms with Gasteiger partial charge in [-0.05, 0) is 17.2 Å². The second-order valence-corrected chi connectivity index (χ2v) is 6.33. The predicted octanol–water partition coefficient (Wildman–Crippen LogP) is 4.18. The lowest BCUT2D eigenvalue weighted by Gasteiger charge is -2.36. The average Bonchev–Trinajstić information content (AvgIpc) is 2.71. The maximum absolute atomic E-state index is 12.0. The molecule has 0 saturated heterocycles. The van der Waals surface area contributed by atoms with Crippen molar-refractivity contribution in [2.75, 3.05) is 13.2 Å². The van der Waals surface area contributed by atoms with Crippen LogP contribution in [0.4, 0.5) is 0 Å². The molecule has 4 heteroatoms. The Balaban J connectivity index is 2.27. The number of benzene rings is 3. The van der Waals surface area contributed by atoms with Crippen molar-refractivity contribution in [2.24, 2.45) is 5.73 Å². The first-order valence-corrected chi connectivity index (χ1v) is 8.78. The number of carbonyl (C=O) groups is 1. The van der Waals surface area contributed by atoms with E-state index >= 15 is 0 Å². The van der Waals surface area contributed by atoms with Gasteiger partial charge in [0.25, 0.3) is 0 Å². The van der Waals surface area contributed by atoms with Crippen LogP contribution in [0.1, 0.15) is 16.7 Å². The summed E-state index contributed by atoms with van der Waals surface area (Å²) in [6.45, 7) is -0.173. The standard InChI is InChI=1S/C22H20ClNO2/c23-21-14-8-7-13-20(21)22(26-16-19(25)15-24,17-9-3-1-4-10-17)18-11-5-2-6-12-18/h1-14H,15-16,24H2. The number of halogens is 1. The van der Waals surface area contributed by atoms with Crippen LogP contribution in [0.3, 0.4) is 0 Å². The molecule has 0 saturated carbocycles. The highest BCUT2D eigenvalue weighted by molar-refractivity contribution is 6.31. The summed E-state index contributed by atoms with van der Waals surface area (Å²) in [7, 11) is 0. The molecule has 0 unspecified atom stereocenters. The topological polar surface area (TPSA) is 52.3 Å². The lowest BCUT2D eigenvalue weighted by atomic mass is 9.80. The molecule has 0 amide bonds. The van der Waals surface area contributed by atoms with Gasteiger partial charge in [0.05, 0.1) is 6.54 Å². The van der Waals surface area contributed by atoms with Crippen LogP contribution in [-0.2, 0) is 15.1 Å². The molecule has 0 fully saturated rings. The van der Waals surface area contributed by atoms with Crippen molar-refractivity contribution in [1.82, 2.24) is 0 Å². The Morgan fingerprint density at radius 2 is 1.35 bits per heavy atom. The normalized spacial score (nSPS) is 11.3. The van der Waals surface area contributed by atoms with Crippen molar-refractivity contribution in [3.8, 4) is 0 Å². The first-order chi connectivity index (χ1) is 12.7. The molecular formula is C22H20ClNO2. The Bertz CT molecular complexity index is 826. The lowest BCUT2D eigenvalue weighted by molar-refractivity contribution is -0.126. The van der Waals surface area contributed by atoms with Crippen molar-refractivity contribution in [2.45, 2.75) is 5.60 Å². The Labute approximate surface area is 158 Å².